The molecule has 1 aliphatic heterocycles. The van der Waals surface area contributed by atoms with Crippen LogP contribution in [0.3, 0.4) is 0 Å². The summed E-state index contributed by atoms with van der Waals surface area (Å²) in [6, 6.07) is 9.96. The molecule has 1 unspecified atom stereocenters. The van der Waals surface area contributed by atoms with E-state index in [4.69, 9.17) is 12.6 Å². The summed E-state index contributed by atoms with van der Waals surface area (Å²) in [5.41, 5.74) is 1.17. The molecule has 1 amide bonds. The number of rotatable bonds is 4. The van der Waals surface area contributed by atoms with Crippen molar-refractivity contribution < 1.29 is 9.53 Å². The lowest BCUT2D eigenvalue weighted by Crippen LogP contribution is -2.39. The van der Waals surface area contributed by atoms with Crippen LogP contribution < -0.4 is 5.32 Å². The molecule has 1 aromatic carbocycles. The van der Waals surface area contributed by atoms with E-state index in [9.17, 15) is 4.79 Å². The maximum atomic E-state index is 10.8. The van der Waals surface area contributed by atoms with Crippen LogP contribution in [0.4, 0.5) is 4.79 Å². The molecule has 0 aliphatic carbocycles. The van der Waals surface area contributed by atoms with E-state index in [0.717, 1.165) is 6.42 Å². The highest BCUT2D eigenvalue weighted by atomic mass is 16.6. The molecule has 1 aliphatic rings. The number of nitrogens with one attached hydrogen (secondary N) is 1. The van der Waals surface area contributed by atoms with E-state index < -0.39 is 5.81 Å². The molecule has 3 nitrogen and oxygen atoms in total. The number of hydrogen-bond acceptors (Lipinski definition) is 2. The van der Waals surface area contributed by atoms with Crippen LogP contribution in [0.2, 0.25) is 0 Å². The van der Waals surface area contributed by atoms with Crippen LogP contribution in [0.15, 0.2) is 30.3 Å². The Morgan fingerprint density at radius 3 is 2.73 bits per heavy atom. The summed E-state index contributed by atoms with van der Waals surface area (Å²) in [6.45, 7) is 0.706. The summed E-state index contributed by atoms with van der Waals surface area (Å²) in [7, 11) is 5.11. The quantitative estimate of drug-likeness (QED) is 0.580. The fraction of sp³-hybridized carbons (Fsp3) is 0.364. The van der Waals surface area contributed by atoms with Gasteiger partial charge in [-0.25, -0.2) is 0 Å². The number of ether oxygens (including phenoxy) is 1. The molecule has 2 atom stereocenters. The van der Waals surface area contributed by atoms with Gasteiger partial charge in [-0.2, -0.15) is 0 Å². The van der Waals surface area contributed by atoms with E-state index in [0.29, 0.717) is 6.61 Å². The van der Waals surface area contributed by atoms with Gasteiger partial charge in [-0.3, -0.25) is 4.79 Å². The average Bonchev–Trinajstić information content (AvgIpc) is 3.01. The molecular weight excluding hydrogens is 189 g/mol. The molecular formula is C11H12BNO2. The smallest absolute Gasteiger partial charge is 0.200 e. The minimum absolute atomic E-state index is 0.00935. The Labute approximate surface area is 90.2 Å². The van der Waals surface area contributed by atoms with Crippen LogP contribution in [0.1, 0.15) is 5.56 Å². The van der Waals surface area contributed by atoms with Crippen molar-refractivity contribution in [3.63, 3.8) is 0 Å². The van der Waals surface area contributed by atoms with Crippen molar-refractivity contribution in [1.82, 2.24) is 5.32 Å². The standard InChI is InChI=1S/C11H12BNO2/c12-11(14)13-9(10-7-15-10)6-8-4-2-1-3-5-8/h1-5,9-10H,6-7H2,(H,13,14)/t9-,10?/m0/s1. The zero-order valence-electron chi connectivity index (χ0n) is 8.35. The first-order valence-electron chi connectivity index (χ1n) is 4.97. The van der Waals surface area contributed by atoms with Gasteiger partial charge in [0, 0.05) is 0 Å². The van der Waals surface area contributed by atoms with Gasteiger partial charge in [0.2, 0.25) is 7.85 Å². The van der Waals surface area contributed by atoms with Crippen molar-refractivity contribution in [2.45, 2.75) is 18.6 Å². The third-order valence-corrected chi connectivity index (χ3v) is 2.43. The molecule has 0 aromatic heterocycles. The summed E-state index contributed by atoms with van der Waals surface area (Å²) in [5.74, 6) is -0.494. The topological polar surface area (TPSA) is 41.6 Å². The second-order valence-electron chi connectivity index (χ2n) is 3.68. The third kappa shape index (κ3) is 3.10. The SMILES string of the molecule is [B]C(=O)N[C@@H](Cc1ccccc1)C1CO1. The Morgan fingerprint density at radius 2 is 2.20 bits per heavy atom. The molecule has 1 N–H and O–H groups in total. The molecule has 1 heterocycles. The normalized spacial score (nSPS) is 20.7. The molecule has 15 heavy (non-hydrogen) atoms. The Kier molecular flexibility index (Phi) is 3.06. The van der Waals surface area contributed by atoms with E-state index in [1.165, 1.54) is 5.56 Å². The lowest BCUT2D eigenvalue weighted by Gasteiger charge is -2.15. The number of amides is 1. The summed E-state index contributed by atoms with van der Waals surface area (Å²) in [6.07, 6.45) is 0.881. The summed E-state index contributed by atoms with van der Waals surface area (Å²) < 4.78 is 5.17. The second kappa shape index (κ2) is 4.49. The Bertz CT molecular complexity index is 338. The van der Waals surface area contributed by atoms with Gasteiger partial charge in [0.25, 0.3) is 0 Å². The highest BCUT2D eigenvalue weighted by Gasteiger charge is 2.33. The largest absolute Gasteiger partial charge is 0.371 e. The van der Waals surface area contributed by atoms with Crippen molar-refractivity contribution in [2.75, 3.05) is 6.61 Å². The Balaban J connectivity index is 1.97. The van der Waals surface area contributed by atoms with Crippen LogP contribution in [-0.2, 0) is 11.2 Å². The fourth-order valence-electron chi connectivity index (χ4n) is 1.61. The second-order valence-corrected chi connectivity index (χ2v) is 3.68. The number of epoxide rings is 1. The van der Waals surface area contributed by atoms with Crippen LogP contribution in [0, 0.1) is 0 Å². The molecule has 76 valence electrons. The van der Waals surface area contributed by atoms with Gasteiger partial charge in [-0.15, -0.1) is 0 Å². The highest BCUT2D eigenvalue weighted by Crippen LogP contribution is 2.17. The number of carbonyl (C=O) groups excluding carboxylic acids is 1. The van der Waals surface area contributed by atoms with Gasteiger partial charge in [0.1, 0.15) is 6.10 Å². The Morgan fingerprint density at radius 1 is 1.53 bits per heavy atom. The van der Waals surface area contributed by atoms with Crippen molar-refractivity contribution in [3.8, 4) is 0 Å². The van der Waals surface area contributed by atoms with E-state index in [1.54, 1.807) is 0 Å². The number of carbonyl (C=O) groups is 1. The average molecular weight is 201 g/mol. The molecule has 2 radical (unpaired) electrons. The molecule has 0 bridgehead atoms. The van der Waals surface area contributed by atoms with Crippen molar-refractivity contribution in [3.05, 3.63) is 35.9 Å². The number of benzene rings is 1. The zero-order valence-corrected chi connectivity index (χ0v) is 8.35. The maximum Gasteiger partial charge on any atom is 0.200 e. The zero-order chi connectivity index (χ0) is 10.7. The summed E-state index contributed by atoms with van der Waals surface area (Å²) >= 11 is 0. The lowest BCUT2D eigenvalue weighted by molar-refractivity contribution is 0.251. The number of hydrogen-bond donors (Lipinski definition) is 1. The van der Waals surface area contributed by atoms with Crippen molar-refractivity contribution in [2.24, 2.45) is 0 Å². The minimum atomic E-state index is -0.494. The fourth-order valence-corrected chi connectivity index (χ4v) is 1.61. The van der Waals surface area contributed by atoms with Gasteiger partial charge in [0.05, 0.1) is 12.6 Å². The molecule has 0 saturated carbocycles. The lowest BCUT2D eigenvalue weighted by atomic mass is 10.0. The molecule has 1 fully saturated rings. The maximum absolute atomic E-state index is 10.8. The molecule has 1 aromatic rings. The van der Waals surface area contributed by atoms with E-state index >= 15 is 0 Å². The predicted molar refractivity (Wildman–Crippen MR) is 58.0 cm³/mol. The highest BCUT2D eigenvalue weighted by molar-refractivity contribution is 6.57. The summed E-state index contributed by atoms with van der Waals surface area (Å²) in [5, 5.41) is 2.70. The van der Waals surface area contributed by atoms with Crippen LogP contribution in [0.5, 0.6) is 0 Å². The first kappa shape index (κ1) is 10.2. The van der Waals surface area contributed by atoms with Crippen LogP contribution in [-0.4, -0.2) is 32.4 Å². The van der Waals surface area contributed by atoms with Gasteiger partial charge in [-0.1, -0.05) is 30.3 Å². The van der Waals surface area contributed by atoms with Crippen molar-refractivity contribution >= 4 is 13.7 Å². The van der Waals surface area contributed by atoms with Gasteiger partial charge < -0.3 is 10.1 Å². The van der Waals surface area contributed by atoms with Crippen LogP contribution in [0.25, 0.3) is 0 Å². The minimum Gasteiger partial charge on any atom is -0.371 e. The van der Waals surface area contributed by atoms with E-state index in [1.807, 2.05) is 30.3 Å². The predicted octanol–water partition coefficient (Wildman–Crippen LogP) is 0.875. The molecule has 4 heteroatoms. The first-order chi connectivity index (χ1) is 7.25. The first-order valence-corrected chi connectivity index (χ1v) is 4.97. The van der Waals surface area contributed by atoms with E-state index in [-0.39, 0.29) is 12.1 Å². The van der Waals surface area contributed by atoms with Gasteiger partial charge in [0.15, 0.2) is 5.81 Å². The third-order valence-electron chi connectivity index (χ3n) is 2.43. The monoisotopic (exact) mass is 201 g/mol. The Hall–Kier alpha value is -1.29. The summed E-state index contributed by atoms with van der Waals surface area (Å²) in [4.78, 5) is 10.8. The van der Waals surface area contributed by atoms with Crippen LogP contribution >= 0.6 is 0 Å². The molecule has 1 saturated heterocycles. The van der Waals surface area contributed by atoms with Crippen molar-refractivity contribution in [1.29, 1.82) is 0 Å². The van der Waals surface area contributed by atoms with Gasteiger partial charge >= 0.3 is 0 Å². The molecule has 2 rings (SSSR count). The van der Waals surface area contributed by atoms with Gasteiger partial charge in [-0.05, 0) is 12.0 Å². The molecule has 0 spiro atoms. The van der Waals surface area contributed by atoms with E-state index in [2.05, 4.69) is 5.32 Å².